The Morgan fingerprint density at radius 2 is 1.74 bits per heavy atom. The first-order chi connectivity index (χ1) is 11.3. The predicted octanol–water partition coefficient (Wildman–Crippen LogP) is 4.09. The van der Waals surface area contributed by atoms with E-state index < -0.39 is 0 Å². The van der Waals surface area contributed by atoms with Crippen LogP contribution in [0.4, 0.5) is 0 Å². The number of ether oxygens (including phenoxy) is 1. The first kappa shape index (κ1) is 13.8. The minimum absolute atomic E-state index is 0.00795. The molecule has 0 bridgehead atoms. The van der Waals surface area contributed by atoms with Gasteiger partial charge in [0.1, 0.15) is 5.75 Å². The molecule has 3 aromatic carbocycles. The number of fused-ring (bicyclic) bond motifs is 2. The SMILES string of the molecule is O=C(N[C@H]1CCOc2ccccc21)c1cccc2ccccc12. The van der Waals surface area contributed by atoms with Crippen LogP contribution in [0.1, 0.15) is 28.4 Å². The first-order valence-corrected chi connectivity index (χ1v) is 7.83. The highest BCUT2D eigenvalue weighted by atomic mass is 16.5. The van der Waals surface area contributed by atoms with Gasteiger partial charge in [-0.05, 0) is 22.9 Å². The van der Waals surface area contributed by atoms with E-state index in [2.05, 4.69) is 5.32 Å². The van der Waals surface area contributed by atoms with Gasteiger partial charge < -0.3 is 10.1 Å². The summed E-state index contributed by atoms with van der Waals surface area (Å²) in [5.74, 6) is 0.825. The van der Waals surface area contributed by atoms with Gasteiger partial charge in [0.15, 0.2) is 0 Å². The van der Waals surface area contributed by atoms with Gasteiger partial charge in [0.05, 0.1) is 12.6 Å². The molecule has 0 aromatic heterocycles. The summed E-state index contributed by atoms with van der Waals surface area (Å²) in [6.45, 7) is 0.623. The van der Waals surface area contributed by atoms with Crippen molar-refractivity contribution in [1.29, 1.82) is 0 Å². The summed E-state index contributed by atoms with van der Waals surface area (Å²) in [6, 6.07) is 21.7. The minimum Gasteiger partial charge on any atom is -0.493 e. The number of rotatable bonds is 2. The topological polar surface area (TPSA) is 38.3 Å². The van der Waals surface area contributed by atoms with E-state index in [1.165, 1.54) is 0 Å². The molecule has 0 fully saturated rings. The maximum atomic E-state index is 12.8. The second kappa shape index (κ2) is 5.76. The number of benzene rings is 3. The third-order valence-corrected chi connectivity index (χ3v) is 4.30. The van der Waals surface area contributed by atoms with E-state index in [9.17, 15) is 4.79 Å². The van der Waals surface area contributed by atoms with Crippen molar-refractivity contribution in [3.8, 4) is 5.75 Å². The van der Waals surface area contributed by atoms with Crippen molar-refractivity contribution in [1.82, 2.24) is 5.32 Å². The number of hydrogen-bond acceptors (Lipinski definition) is 2. The van der Waals surface area contributed by atoms with Crippen molar-refractivity contribution in [3.63, 3.8) is 0 Å². The molecule has 3 aromatic rings. The Morgan fingerprint density at radius 3 is 2.70 bits per heavy atom. The number of nitrogens with one attached hydrogen (secondary N) is 1. The molecule has 3 nitrogen and oxygen atoms in total. The lowest BCUT2D eigenvalue weighted by molar-refractivity contribution is 0.0926. The summed E-state index contributed by atoms with van der Waals surface area (Å²) in [7, 11) is 0. The van der Waals surface area contributed by atoms with Gasteiger partial charge in [0, 0.05) is 17.5 Å². The van der Waals surface area contributed by atoms with Gasteiger partial charge in [-0.3, -0.25) is 4.79 Å². The smallest absolute Gasteiger partial charge is 0.252 e. The lowest BCUT2D eigenvalue weighted by Crippen LogP contribution is -2.32. The summed E-state index contributed by atoms with van der Waals surface area (Å²) in [4.78, 5) is 12.8. The molecule has 0 saturated carbocycles. The number of carbonyl (C=O) groups is 1. The summed E-state index contributed by atoms with van der Waals surface area (Å²) < 4.78 is 5.66. The maximum absolute atomic E-state index is 12.8. The number of carbonyl (C=O) groups excluding carboxylic acids is 1. The Balaban J connectivity index is 1.66. The fraction of sp³-hybridized carbons (Fsp3) is 0.150. The fourth-order valence-corrected chi connectivity index (χ4v) is 3.15. The van der Waals surface area contributed by atoms with Crippen LogP contribution in [0, 0.1) is 0 Å². The van der Waals surface area contributed by atoms with Crippen molar-refractivity contribution in [2.45, 2.75) is 12.5 Å². The zero-order valence-corrected chi connectivity index (χ0v) is 12.7. The van der Waals surface area contributed by atoms with Crippen LogP contribution in [0.3, 0.4) is 0 Å². The molecular weight excluding hydrogens is 286 g/mol. The van der Waals surface area contributed by atoms with E-state index in [-0.39, 0.29) is 11.9 Å². The maximum Gasteiger partial charge on any atom is 0.252 e. The van der Waals surface area contributed by atoms with E-state index >= 15 is 0 Å². The Labute approximate surface area is 134 Å². The van der Waals surface area contributed by atoms with Crippen molar-refractivity contribution in [3.05, 3.63) is 77.9 Å². The van der Waals surface area contributed by atoms with Crippen LogP contribution in [0.25, 0.3) is 10.8 Å². The average molecular weight is 303 g/mol. The molecule has 1 heterocycles. The zero-order valence-electron chi connectivity index (χ0n) is 12.7. The van der Waals surface area contributed by atoms with Gasteiger partial charge in [-0.25, -0.2) is 0 Å². The van der Waals surface area contributed by atoms with Crippen LogP contribution >= 0.6 is 0 Å². The highest BCUT2D eigenvalue weighted by Crippen LogP contribution is 2.32. The van der Waals surface area contributed by atoms with Crippen molar-refractivity contribution in [2.24, 2.45) is 0 Å². The van der Waals surface area contributed by atoms with Gasteiger partial charge in [0.2, 0.25) is 0 Å². The molecule has 1 aliphatic rings. The lowest BCUT2D eigenvalue weighted by atomic mass is 9.99. The predicted molar refractivity (Wildman–Crippen MR) is 90.7 cm³/mol. The Hall–Kier alpha value is -2.81. The third-order valence-electron chi connectivity index (χ3n) is 4.30. The Bertz CT molecular complexity index is 867. The standard InChI is InChI=1S/C20H17NO2/c22-20(16-10-5-7-14-6-1-2-8-15(14)16)21-18-12-13-23-19-11-4-3-9-17(18)19/h1-11,18H,12-13H2,(H,21,22)/t18-/m0/s1. The van der Waals surface area contributed by atoms with Crippen molar-refractivity contribution < 1.29 is 9.53 Å². The number of amides is 1. The van der Waals surface area contributed by atoms with E-state index in [0.29, 0.717) is 12.2 Å². The fourth-order valence-electron chi connectivity index (χ4n) is 3.15. The monoisotopic (exact) mass is 303 g/mol. The van der Waals surface area contributed by atoms with E-state index in [1.54, 1.807) is 0 Å². The molecule has 0 radical (unpaired) electrons. The molecule has 3 heteroatoms. The van der Waals surface area contributed by atoms with Crippen LogP contribution in [-0.2, 0) is 0 Å². The van der Waals surface area contributed by atoms with Crippen molar-refractivity contribution >= 4 is 16.7 Å². The van der Waals surface area contributed by atoms with E-state index in [0.717, 1.165) is 28.5 Å². The highest BCUT2D eigenvalue weighted by Gasteiger charge is 2.23. The lowest BCUT2D eigenvalue weighted by Gasteiger charge is -2.26. The minimum atomic E-state index is -0.0384. The molecule has 0 spiro atoms. The first-order valence-electron chi connectivity index (χ1n) is 7.83. The number of para-hydroxylation sites is 1. The average Bonchev–Trinajstić information content (AvgIpc) is 2.61. The van der Waals surface area contributed by atoms with Crippen LogP contribution < -0.4 is 10.1 Å². The van der Waals surface area contributed by atoms with Crippen LogP contribution in [-0.4, -0.2) is 12.5 Å². The Kier molecular flexibility index (Phi) is 3.46. The van der Waals surface area contributed by atoms with E-state index in [4.69, 9.17) is 4.74 Å². The second-order valence-corrected chi connectivity index (χ2v) is 5.73. The third kappa shape index (κ3) is 2.55. The van der Waals surface area contributed by atoms with Crippen LogP contribution in [0.5, 0.6) is 5.75 Å². The van der Waals surface area contributed by atoms with Gasteiger partial charge >= 0.3 is 0 Å². The summed E-state index contributed by atoms with van der Waals surface area (Å²) in [5.41, 5.74) is 1.76. The van der Waals surface area contributed by atoms with E-state index in [1.807, 2.05) is 66.7 Å². The molecule has 23 heavy (non-hydrogen) atoms. The number of hydrogen-bond donors (Lipinski definition) is 1. The molecule has 4 rings (SSSR count). The summed E-state index contributed by atoms with van der Waals surface area (Å²) in [6.07, 6.45) is 0.785. The molecule has 114 valence electrons. The summed E-state index contributed by atoms with van der Waals surface area (Å²) in [5, 5.41) is 5.22. The quantitative estimate of drug-likeness (QED) is 0.774. The van der Waals surface area contributed by atoms with Crippen LogP contribution in [0.15, 0.2) is 66.7 Å². The largest absolute Gasteiger partial charge is 0.493 e. The molecule has 0 saturated heterocycles. The second-order valence-electron chi connectivity index (χ2n) is 5.73. The molecule has 1 atom stereocenters. The molecular formula is C20H17NO2. The summed E-state index contributed by atoms with van der Waals surface area (Å²) >= 11 is 0. The molecule has 0 unspecified atom stereocenters. The highest BCUT2D eigenvalue weighted by molar-refractivity contribution is 6.07. The van der Waals surface area contributed by atoms with Gasteiger partial charge in [-0.15, -0.1) is 0 Å². The molecule has 1 amide bonds. The van der Waals surface area contributed by atoms with Gasteiger partial charge in [0.25, 0.3) is 5.91 Å². The zero-order chi connectivity index (χ0) is 15.6. The van der Waals surface area contributed by atoms with Crippen LogP contribution in [0.2, 0.25) is 0 Å². The van der Waals surface area contributed by atoms with Gasteiger partial charge in [-0.1, -0.05) is 54.6 Å². The molecule has 1 aliphatic heterocycles. The molecule has 0 aliphatic carbocycles. The Morgan fingerprint density at radius 1 is 0.957 bits per heavy atom. The normalized spacial score (nSPS) is 16.4. The molecule has 1 N–H and O–H groups in total. The van der Waals surface area contributed by atoms with Gasteiger partial charge in [-0.2, -0.15) is 0 Å². The van der Waals surface area contributed by atoms with Crippen molar-refractivity contribution in [2.75, 3.05) is 6.61 Å².